The topological polar surface area (TPSA) is 56.0 Å². The molecule has 2 rings (SSSR count). The lowest BCUT2D eigenvalue weighted by atomic mass is 10.1. The summed E-state index contributed by atoms with van der Waals surface area (Å²) in [6.07, 6.45) is 1.58. The molecule has 2 aromatic rings. The molecular formula is C10H7ClN2O2. The third kappa shape index (κ3) is 1.64. The van der Waals surface area contributed by atoms with Crippen LogP contribution in [0.3, 0.4) is 0 Å². The van der Waals surface area contributed by atoms with Gasteiger partial charge in [-0.05, 0) is 24.4 Å². The van der Waals surface area contributed by atoms with Crippen LogP contribution in [0.4, 0.5) is 5.69 Å². The summed E-state index contributed by atoms with van der Waals surface area (Å²) in [4.78, 5) is 14.2. The van der Waals surface area contributed by atoms with Gasteiger partial charge < -0.3 is 0 Å². The lowest BCUT2D eigenvalue weighted by Crippen LogP contribution is -1.92. The quantitative estimate of drug-likeness (QED) is 0.423. The van der Waals surface area contributed by atoms with Crippen molar-refractivity contribution in [1.29, 1.82) is 0 Å². The molecule has 0 unspecified atom stereocenters. The maximum absolute atomic E-state index is 10.7. The molecule has 1 aromatic heterocycles. The summed E-state index contributed by atoms with van der Waals surface area (Å²) in [6, 6.07) is 4.97. The molecule has 0 saturated carbocycles. The van der Waals surface area contributed by atoms with E-state index in [0.717, 1.165) is 5.39 Å². The molecule has 4 nitrogen and oxygen atoms in total. The Labute approximate surface area is 90.7 Å². The number of pyridine rings is 1. The van der Waals surface area contributed by atoms with Crippen LogP contribution in [0.2, 0.25) is 5.15 Å². The Hall–Kier alpha value is -1.68. The van der Waals surface area contributed by atoms with Gasteiger partial charge in [0.15, 0.2) is 0 Å². The zero-order chi connectivity index (χ0) is 11.0. The van der Waals surface area contributed by atoms with E-state index >= 15 is 0 Å². The number of rotatable bonds is 1. The molecule has 0 fully saturated rings. The molecule has 0 amide bonds. The highest BCUT2D eigenvalue weighted by atomic mass is 35.5. The van der Waals surface area contributed by atoms with Crippen molar-refractivity contribution < 1.29 is 4.92 Å². The molecule has 0 spiro atoms. The van der Waals surface area contributed by atoms with Crippen molar-refractivity contribution in [3.63, 3.8) is 0 Å². The Morgan fingerprint density at radius 1 is 1.47 bits per heavy atom. The lowest BCUT2D eigenvalue weighted by Gasteiger charge is -2.02. The van der Waals surface area contributed by atoms with Crippen molar-refractivity contribution in [3.8, 4) is 0 Å². The van der Waals surface area contributed by atoms with E-state index in [1.54, 1.807) is 25.3 Å². The number of halogens is 1. The van der Waals surface area contributed by atoms with E-state index in [2.05, 4.69) is 4.98 Å². The first kappa shape index (κ1) is 9.86. The summed E-state index contributed by atoms with van der Waals surface area (Å²) in [7, 11) is 0. The van der Waals surface area contributed by atoms with E-state index < -0.39 is 4.92 Å². The normalized spacial score (nSPS) is 10.5. The van der Waals surface area contributed by atoms with E-state index in [4.69, 9.17) is 11.6 Å². The lowest BCUT2D eigenvalue weighted by molar-refractivity contribution is -0.385. The Kier molecular flexibility index (Phi) is 2.28. The number of aromatic nitrogens is 1. The van der Waals surface area contributed by atoms with Crippen molar-refractivity contribution in [2.45, 2.75) is 6.92 Å². The van der Waals surface area contributed by atoms with Gasteiger partial charge in [0, 0.05) is 23.2 Å². The average molecular weight is 223 g/mol. The van der Waals surface area contributed by atoms with Crippen LogP contribution in [0.25, 0.3) is 10.8 Å². The maximum atomic E-state index is 10.7. The fourth-order valence-electron chi connectivity index (χ4n) is 1.48. The number of fused-ring (bicyclic) bond motifs is 1. The molecular weight excluding hydrogens is 216 g/mol. The van der Waals surface area contributed by atoms with Gasteiger partial charge in [-0.2, -0.15) is 0 Å². The number of nitro benzene ring substituents is 1. The molecule has 1 heterocycles. The molecule has 0 atom stereocenters. The van der Waals surface area contributed by atoms with Crippen LogP contribution in [0.1, 0.15) is 5.56 Å². The summed E-state index contributed by atoms with van der Waals surface area (Å²) in [5.41, 5.74) is 0.687. The first-order valence-corrected chi connectivity index (χ1v) is 4.66. The second-order valence-electron chi connectivity index (χ2n) is 3.22. The predicted octanol–water partition coefficient (Wildman–Crippen LogP) is 3.10. The molecule has 76 valence electrons. The fourth-order valence-corrected chi connectivity index (χ4v) is 1.70. The minimum Gasteiger partial charge on any atom is -0.258 e. The minimum atomic E-state index is -0.419. The van der Waals surface area contributed by atoms with Gasteiger partial charge in [0.2, 0.25) is 0 Å². The van der Waals surface area contributed by atoms with E-state index in [9.17, 15) is 10.1 Å². The molecule has 0 aliphatic heterocycles. The van der Waals surface area contributed by atoms with Crippen molar-refractivity contribution in [2.75, 3.05) is 0 Å². The number of nitro groups is 1. The van der Waals surface area contributed by atoms with Gasteiger partial charge in [-0.25, -0.2) is 4.98 Å². The molecule has 0 N–H and O–H groups in total. The Morgan fingerprint density at radius 3 is 2.87 bits per heavy atom. The van der Waals surface area contributed by atoms with Crippen molar-refractivity contribution in [2.24, 2.45) is 0 Å². The summed E-state index contributed by atoms with van der Waals surface area (Å²) < 4.78 is 0. The van der Waals surface area contributed by atoms with Crippen LogP contribution in [0, 0.1) is 17.0 Å². The molecule has 5 heteroatoms. The zero-order valence-electron chi connectivity index (χ0n) is 7.90. The van der Waals surface area contributed by atoms with Gasteiger partial charge >= 0.3 is 0 Å². The average Bonchev–Trinajstić information content (AvgIpc) is 2.16. The first-order chi connectivity index (χ1) is 7.09. The van der Waals surface area contributed by atoms with Gasteiger partial charge in [0.25, 0.3) is 5.69 Å². The van der Waals surface area contributed by atoms with Gasteiger partial charge in [0.1, 0.15) is 5.15 Å². The maximum Gasteiger partial charge on any atom is 0.273 e. The second kappa shape index (κ2) is 3.47. The van der Waals surface area contributed by atoms with Crippen LogP contribution >= 0.6 is 11.6 Å². The number of benzene rings is 1. The van der Waals surface area contributed by atoms with E-state index in [0.29, 0.717) is 10.9 Å². The minimum absolute atomic E-state index is 0.0670. The number of aryl methyl sites for hydroxylation is 1. The molecule has 0 bridgehead atoms. The molecule has 0 radical (unpaired) electrons. The molecule has 1 aromatic carbocycles. The zero-order valence-corrected chi connectivity index (χ0v) is 8.65. The van der Waals surface area contributed by atoms with Gasteiger partial charge in [0.05, 0.1) is 4.92 Å². The Morgan fingerprint density at radius 2 is 2.20 bits per heavy atom. The van der Waals surface area contributed by atoms with Gasteiger partial charge in [-0.15, -0.1) is 0 Å². The Balaban J connectivity index is 2.83. The highest BCUT2D eigenvalue weighted by Crippen LogP contribution is 2.28. The monoisotopic (exact) mass is 222 g/mol. The second-order valence-corrected chi connectivity index (χ2v) is 3.58. The first-order valence-electron chi connectivity index (χ1n) is 4.29. The molecule has 15 heavy (non-hydrogen) atoms. The highest BCUT2D eigenvalue weighted by molar-refractivity contribution is 6.34. The third-order valence-electron chi connectivity index (χ3n) is 2.23. The van der Waals surface area contributed by atoms with E-state index in [1.165, 1.54) is 6.07 Å². The summed E-state index contributed by atoms with van der Waals surface area (Å²) in [5, 5.41) is 12.5. The van der Waals surface area contributed by atoms with Crippen LogP contribution in [-0.4, -0.2) is 9.91 Å². The summed E-state index contributed by atoms with van der Waals surface area (Å²) >= 11 is 5.85. The molecule has 0 saturated heterocycles. The third-order valence-corrected chi connectivity index (χ3v) is 2.53. The van der Waals surface area contributed by atoms with Crippen LogP contribution in [-0.2, 0) is 0 Å². The largest absolute Gasteiger partial charge is 0.273 e. The summed E-state index contributed by atoms with van der Waals surface area (Å²) in [6.45, 7) is 1.70. The number of nitrogens with zero attached hydrogens (tertiary/aromatic N) is 2. The summed E-state index contributed by atoms with van der Waals surface area (Å²) in [5.74, 6) is 0. The Bertz CT molecular complexity index is 554. The standard InChI is InChI=1S/C10H7ClN2O2/c1-6-4-7-2-3-12-10(11)8(7)5-9(6)13(14)15/h2-5H,1H3. The van der Waals surface area contributed by atoms with Crippen LogP contribution in [0.5, 0.6) is 0 Å². The van der Waals surface area contributed by atoms with Crippen LogP contribution < -0.4 is 0 Å². The smallest absolute Gasteiger partial charge is 0.258 e. The van der Waals surface area contributed by atoms with Crippen molar-refractivity contribution >= 4 is 28.1 Å². The van der Waals surface area contributed by atoms with Gasteiger partial charge in [-0.3, -0.25) is 10.1 Å². The molecule has 0 aliphatic carbocycles. The number of hydrogen-bond acceptors (Lipinski definition) is 3. The predicted molar refractivity (Wildman–Crippen MR) is 58.1 cm³/mol. The molecule has 0 aliphatic rings. The SMILES string of the molecule is Cc1cc2ccnc(Cl)c2cc1[N+](=O)[O-]. The fraction of sp³-hybridized carbons (Fsp3) is 0.100. The van der Waals surface area contributed by atoms with Gasteiger partial charge in [-0.1, -0.05) is 11.6 Å². The highest BCUT2D eigenvalue weighted by Gasteiger charge is 2.12. The van der Waals surface area contributed by atoms with E-state index in [1.807, 2.05) is 0 Å². The van der Waals surface area contributed by atoms with Crippen LogP contribution in [0.15, 0.2) is 24.4 Å². The van der Waals surface area contributed by atoms with Crippen molar-refractivity contribution in [3.05, 3.63) is 45.2 Å². The number of hydrogen-bond donors (Lipinski definition) is 0. The van der Waals surface area contributed by atoms with Crippen molar-refractivity contribution in [1.82, 2.24) is 4.98 Å². The van der Waals surface area contributed by atoms with E-state index in [-0.39, 0.29) is 10.8 Å².